The van der Waals surface area contributed by atoms with Crippen molar-refractivity contribution in [1.29, 1.82) is 0 Å². The van der Waals surface area contributed by atoms with E-state index in [1.807, 2.05) is 6.92 Å². The zero-order valence-electron chi connectivity index (χ0n) is 12.5. The number of carbonyl (C=O) groups is 1. The van der Waals surface area contributed by atoms with Gasteiger partial charge in [-0.05, 0) is 31.9 Å². The van der Waals surface area contributed by atoms with Gasteiger partial charge in [0.1, 0.15) is 23.2 Å². The first-order chi connectivity index (χ1) is 11.0. The van der Waals surface area contributed by atoms with Crippen molar-refractivity contribution >= 4 is 17.3 Å². The third kappa shape index (κ3) is 3.51. The number of halogens is 1. The minimum Gasteiger partial charge on any atom is -0.491 e. The van der Waals surface area contributed by atoms with Crippen LogP contribution in [-0.2, 0) is 4.74 Å². The second kappa shape index (κ2) is 6.64. The summed E-state index contributed by atoms with van der Waals surface area (Å²) in [5.41, 5.74) is -0.275. The Bertz CT molecular complexity index is 725. The van der Waals surface area contributed by atoms with Crippen LogP contribution in [-0.4, -0.2) is 35.4 Å². The van der Waals surface area contributed by atoms with E-state index in [0.717, 1.165) is 17.7 Å². The van der Waals surface area contributed by atoms with Crippen LogP contribution in [0.4, 0.5) is 4.39 Å². The molecule has 1 N–H and O–H groups in total. The van der Waals surface area contributed by atoms with Gasteiger partial charge in [-0.2, -0.15) is 0 Å². The van der Waals surface area contributed by atoms with Crippen molar-refractivity contribution in [1.82, 2.24) is 4.98 Å². The Labute approximate surface area is 136 Å². The maximum Gasteiger partial charge on any atom is 0.338 e. The molecule has 0 unspecified atom stereocenters. The predicted octanol–water partition coefficient (Wildman–Crippen LogP) is 3.51. The van der Waals surface area contributed by atoms with Crippen LogP contribution >= 0.6 is 11.3 Å². The molecule has 3 rings (SSSR count). The molecular weight excluding hydrogens is 321 g/mol. The maximum atomic E-state index is 14.4. The second-order valence-electron chi connectivity index (χ2n) is 5.36. The van der Waals surface area contributed by atoms with Gasteiger partial charge in [0, 0.05) is 17.7 Å². The Morgan fingerprint density at radius 1 is 1.57 bits per heavy atom. The molecule has 0 bridgehead atoms. The molecule has 122 valence electrons. The van der Waals surface area contributed by atoms with Crippen molar-refractivity contribution in [2.24, 2.45) is 0 Å². The van der Waals surface area contributed by atoms with E-state index in [9.17, 15) is 14.3 Å². The number of carboxylic acids is 1. The van der Waals surface area contributed by atoms with E-state index in [0.29, 0.717) is 24.0 Å². The SMILES string of the molecule is Cc1cnc(-c2cc(OC[C@@H]3CCCO3)cc(C(=O)O)c2F)s1. The van der Waals surface area contributed by atoms with E-state index in [4.69, 9.17) is 9.47 Å². The van der Waals surface area contributed by atoms with Crippen molar-refractivity contribution in [3.8, 4) is 16.3 Å². The standard InChI is InChI=1S/C16H16FNO4S/c1-9-7-18-15(23-9)12-5-11(6-13(14(12)17)16(19)20)22-8-10-3-2-4-21-10/h5-7,10H,2-4,8H2,1H3,(H,19,20)/t10-/m0/s1. The van der Waals surface area contributed by atoms with E-state index < -0.39 is 17.3 Å². The lowest BCUT2D eigenvalue weighted by Crippen LogP contribution is -2.16. The van der Waals surface area contributed by atoms with Gasteiger partial charge < -0.3 is 14.6 Å². The summed E-state index contributed by atoms with van der Waals surface area (Å²) in [4.78, 5) is 16.3. The summed E-state index contributed by atoms with van der Waals surface area (Å²) in [6, 6.07) is 2.70. The van der Waals surface area contributed by atoms with Gasteiger partial charge in [0.15, 0.2) is 0 Å². The highest BCUT2D eigenvalue weighted by molar-refractivity contribution is 7.14. The van der Waals surface area contributed by atoms with Crippen LogP contribution in [0, 0.1) is 12.7 Å². The van der Waals surface area contributed by atoms with E-state index in [-0.39, 0.29) is 11.7 Å². The van der Waals surface area contributed by atoms with Gasteiger partial charge in [-0.1, -0.05) is 0 Å². The average molecular weight is 337 g/mol. The average Bonchev–Trinajstić information content (AvgIpc) is 3.17. The number of aromatic nitrogens is 1. The van der Waals surface area contributed by atoms with E-state index in [1.165, 1.54) is 23.5 Å². The van der Waals surface area contributed by atoms with Crippen molar-refractivity contribution in [2.75, 3.05) is 13.2 Å². The van der Waals surface area contributed by atoms with Gasteiger partial charge in [0.25, 0.3) is 0 Å². The Hall–Kier alpha value is -1.99. The third-order valence-corrected chi connectivity index (χ3v) is 4.53. The molecule has 5 nitrogen and oxygen atoms in total. The molecule has 0 radical (unpaired) electrons. The van der Waals surface area contributed by atoms with Crippen LogP contribution in [0.1, 0.15) is 28.1 Å². The number of aryl methyl sites for hydroxylation is 1. The summed E-state index contributed by atoms with van der Waals surface area (Å²) in [7, 11) is 0. The number of carboxylic acid groups (broad SMARTS) is 1. The fourth-order valence-electron chi connectivity index (χ4n) is 2.44. The highest BCUT2D eigenvalue weighted by Crippen LogP contribution is 2.33. The normalized spacial score (nSPS) is 17.4. The fourth-order valence-corrected chi connectivity index (χ4v) is 3.21. The van der Waals surface area contributed by atoms with Gasteiger partial charge in [-0.15, -0.1) is 11.3 Å². The predicted molar refractivity (Wildman–Crippen MR) is 83.7 cm³/mol. The molecule has 0 spiro atoms. The first kappa shape index (κ1) is 15.9. The number of rotatable bonds is 5. The Morgan fingerprint density at radius 2 is 2.39 bits per heavy atom. The highest BCUT2D eigenvalue weighted by Gasteiger charge is 2.21. The van der Waals surface area contributed by atoms with Crippen LogP contribution in [0.5, 0.6) is 5.75 Å². The quantitative estimate of drug-likeness (QED) is 0.904. The van der Waals surface area contributed by atoms with Gasteiger partial charge >= 0.3 is 5.97 Å². The molecule has 1 aromatic heterocycles. The summed E-state index contributed by atoms with van der Waals surface area (Å²) >= 11 is 1.30. The lowest BCUT2D eigenvalue weighted by atomic mass is 10.1. The van der Waals surface area contributed by atoms with Crippen LogP contribution in [0.2, 0.25) is 0 Å². The molecular formula is C16H16FNO4S. The largest absolute Gasteiger partial charge is 0.491 e. The Kier molecular flexibility index (Phi) is 4.58. The zero-order valence-corrected chi connectivity index (χ0v) is 13.4. The number of hydrogen-bond acceptors (Lipinski definition) is 5. The molecule has 2 heterocycles. The summed E-state index contributed by atoms with van der Waals surface area (Å²) in [6.07, 6.45) is 3.52. The smallest absolute Gasteiger partial charge is 0.338 e. The maximum absolute atomic E-state index is 14.4. The molecule has 1 aliphatic rings. The number of nitrogens with zero attached hydrogens (tertiary/aromatic N) is 1. The first-order valence-corrected chi connectivity index (χ1v) is 8.10. The molecule has 0 saturated carbocycles. The van der Waals surface area contributed by atoms with Gasteiger partial charge in [-0.3, -0.25) is 0 Å². The van der Waals surface area contributed by atoms with Crippen molar-refractivity contribution < 1.29 is 23.8 Å². The van der Waals surface area contributed by atoms with Crippen molar-refractivity contribution in [2.45, 2.75) is 25.9 Å². The van der Waals surface area contributed by atoms with Crippen LogP contribution in [0.15, 0.2) is 18.3 Å². The first-order valence-electron chi connectivity index (χ1n) is 7.28. The molecule has 0 amide bonds. The van der Waals surface area contributed by atoms with Crippen molar-refractivity contribution in [3.05, 3.63) is 34.6 Å². The molecule has 23 heavy (non-hydrogen) atoms. The van der Waals surface area contributed by atoms with Crippen LogP contribution in [0.25, 0.3) is 10.6 Å². The molecule has 1 saturated heterocycles. The number of thiazole rings is 1. The summed E-state index contributed by atoms with van der Waals surface area (Å²) < 4.78 is 25.5. The van der Waals surface area contributed by atoms with Crippen molar-refractivity contribution in [3.63, 3.8) is 0 Å². The van der Waals surface area contributed by atoms with E-state index in [1.54, 1.807) is 6.20 Å². The monoisotopic (exact) mass is 337 g/mol. The van der Waals surface area contributed by atoms with Gasteiger partial charge in [0.2, 0.25) is 0 Å². The molecule has 1 aliphatic heterocycles. The van der Waals surface area contributed by atoms with Gasteiger partial charge in [0.05, 0.1) is 17.2 Å². The Balaban J connectivity index is 1.92. The highest BCUT2D eigenvalue weighted by atomic mass is 32.1. The summed E-state index contributed by atoms with van der Waals surface area (Å²) in [5.74, 6) is -1.82. The molecule has 7 heteroatoms. The Morgan fingerprint density at radius 3 is 3.00 bits per heavy atom. The zero-order chi connectivity index (χ0) is 16.4. The molecule has 1 fully saturated rings. The minimum absolute atomic E-state index is 0.00103. The fraction of sp³-hybridized carbons (Fsp3) is 0.375. The summed E-state index contributed by atoms with van der Waals surface area (Å²) in [5, 5.41) is 9.64. The topological polar surface area (TPSA) is 68.7 Å². The molecule has 1 aromatic carbocycles. The lowest BCUT2D eigenvalue weighted by Gasteiger charge is -2.13. The van der Waals surface area contributed by atoms with Crippen LogP contribution < -0.4 is 4.74 Å². The molecule has 2 aromatic rings. The summed E-state index contributed by atoms with van der Waals surface area (Å²) in [6.45, 7) is 2.89. The number of aromatic carboxylic acids is 1. The van der Waals surface area contributed by atoms with Gasteiger partial charge in [-0.25, -0.2) is 14.2 Å². The number of hydrogen-bond donors (Lipinski definition) is 1. The molecule has 0 aliphatic carbocycles. The number of ether oxygens (including phenoxy) is 2. The molecule has 1 atom stereocenters. The van der Waals surface area contributed by atoms with Crippen LogP contribution in [0.3, 0.4) is 0 Å². The van der Waals surface area contributed by atoms with E-state index >= 15 is 0 Å². The minimum atomic E-state index is -1.33. The number of benzene rings is 1. The second-order valence-corrected chi connectivity index (χ2v) is 6.59. The third-order valence-electron chi connectivity index (χ3n) is 3.59. The van der Waals surface area contributed by atoms with E-state index in [2.05, 4.69) is 4.98 Å². The lowest BCUT2D eigenvalue weighted by molar-refractivity contribution is 0.0670.